The Balaban J connectivity index is 3.26. The minimum absolute atomic E-state index is 0.0873. The standard InChI is InChI=1S/C25H44F4OSi2/c1-7-11-12-13-14-15-16-17-32(20(5)6,19-31(8-2,9-3)10-4)30-25-23(28)21(26)18-22(27)24(25)29/h18,20H,7-17,19H2,1-6H3. The molecule has 1 unspecified atom stereocenters. The third kappa shape index (κ3) is 7.61. The van der Waals surface area contributed by atoms with Gasteiger partial charge in [0.1, 0.15) is 0 Å². The van der Waals surface area contributed by atoms with Crippen LogP contribution in [0.2, 0.25) is 35.4 Å². The van der Waals surface area contributed by atoms with Gasteiger partial charge >= 0.3 is 0 Å². The quantitative estimate of drug-likeness (QED) is 0.0965. The van der Waals surface area contributed by atoms with Gasteiger partial charge < -0.3 is 4.43 Å². The molecule has 0 spiro atoms. The van der Waals surface area contributed by atoms with Crippen LogP contribution < -0.4 is 4.43 Å². The van der Waals surface area contributed by atoms with Gasteiger partial charge in [-0.15, -0.1) is 0 Å². The molecule has 1 atom stereocenters. The summed E-state index contributed by atoms with van der Waals surface area (Å²) < 4.78 is 63.3. The third-order valence-electron chi connectivity index (χ3n) is 7.56. The van der Waals surface area contributed by atoms with Crippen LogP contribution in [0.5, 0.6) is 5.75 Å². The molecule has 0 aliphatic rings. The van der Waals surface area contributed by atoms with Gasteiger partial charge in [0.05, 0.1) is 8.07 Å². The summed E-state index contributed by atoms with van der Waals surface area (Å²) in [5, 5.41) is 0. The number of unbranched alkanes of at least 4 members (excludes halogenated alkanes) is 6. The summed E-state index contributed by atoms with van der Waals surface area (Å²) >= 11 is 0. The summed E-state index contributed by atoms with van der Waals surface area (Å²) in [6.07, 6.45) is 8.00. The van der Waals surface area contributed by atoms with Crippen LogP contribution in [-0.2, 0) is 0 Å². The Hall–Kier alpha value is -0.826. The highest BCUT2D eigenvalue weighted by molar-refractivity contribution is 6.95. The van der Waals surface area contributed by atoms with E-state index >= 15 is 0 Å². The SMILES string of the molecule is CCCCCCCCC[Si](C[Si](CC)(CC)CC)(Oc1c(F)c(F)cc(F)c1F)C(C)C. The van der Waals surface area contributed by atoms with Crippen molar-refractivity contribution >= 4 is 16.4 Å². The van der Waals surface area contributed by atoms with Gasteiger partial charge in [0, 0.05) is 6.07 Å². The number of benzene rings is 1. The molecule has 186 valence electrons. The van der Waals surface area contributed by atoms with Crippen LogP contribution in [0.3, 0.4) is 0 Å². The van der Waals surface area contributed by atoms with Gasteiger partial charge in [0.15, 0.2) is 17.4 Å². The minimum Gasteiger partial charge on any atom is -0.539 e. The van der Waals surface area contributed by atoms with Crippen molar-refractivity contribution in [3.05, 3.63) is 29.3 Å². The van der Waals surface area contributed by atoms with Crippen molar-refractivity contribution in [2.45, 2.75) is 122 Å². The molecule has 0 saturated carbocycles. The molecule has 1 aromatic carbocycles. The lowest BCUT2D eigenvalue weighted by molar-refractivity contribution is 0.382. The molecule has 0 aliphatic carbocycles. The molecule has 0 heterocycles. The van der Waals surface area contributed by atoms with E-state index in [4.69, 9.17) is 4.43 Å². The summed E-state index contributed by atoms with van der Waals surface area (Å²) in [5.41, 5.74) is 0.956. The lowest BCUT2D eigenvalue weighted by Gasteiger charge is -2.42. The average molecular weight is 493 g/mol. The largest absolute Gasteiger partial charge is 0.539 e. The molecule has 32 heavy (non-hydrogen) atoms. The van der Waals surface area contributed by atoms with E-state index in [1.807, 2.05) is 0 Å². The molecule has 1 aromatic rings. The molecular formula is C25H44F4OSi2. The first-order valence-electron chi connectivity index (χ1n) is 12.6. The predicted molar refractivity (Wildman–Crippen MR) is 133 cm³/mol. The van der Waals surface area contributed by atoms with Gasteiger partial charge in [-0.1, -0.05) is 105 Å². The highest BCUT2D eigenvalue weighted by Crippen LogP contribution is 2.42. The Bertz CT molecular complexity index is 660. The normalized spacial score (nSPS) is 14.1. The molecule has 0 saturated heterocycles. The van der Waals surface area contributed by atoms with Crippen molar-refractivity contribution in [2.75, 3.05) is 0 Å². The van der Waals surface area contributed by atoms with Gasteiger partial charge in [0.2, 0.25) is 11.6 Å². The average Bonchev–Trinajstić information content (AvgIpc) is 2.78. The van der Waals surface area contributed by atoms with E-state index in [0.717, 1.165) is 49.1 Å². The molecule has 0 bridgehead atoms. The molecule has 0 aliphatic heterocycles. The van der Waals surface area contributed by atoms with E-state index in [9.17, 15) is 17.6 Å². The van der Waals surface area contributed by atoms with E-state index in [-0.39, 0.29) is 11.6 Å². The number of hydrogen-bond donors (Lipinski definition) is 0. The summed E-state index contributed by atoms with van der Waals surface area (Å²) in [4.78, 5) is 0. The van der Waals surface area contributed by atoms with Gasteiger partial charge in [-0.3, -0.25) is 0 Å². The maximum Gasteiger partial charge on any atom is 0.251 e. The van der Waals surface area contributed by atoms with Crippen molar-refractivity contribution in [1.82, 2.24) is 0 Å². The molecule has 0 aromatic heterocycles. The van der Waals surface area contributed by atoms with E-state index in [0.29, 0.717) is 0 Å². The van der Waals surface area contributed by atoms with Crippen molar-refractivity contribution in [2.24, 2.45) is 0 Å². The summed E-state index contributed by atoms with van der Waals surface area (Å²) in [6, 6.07) is 4.25. The first-order chi connectivity index (χ1) is 15.1. The van der Waals surface area contributed by atoms with Crippen LogP contribution >= 0.6 is 0 Å². The number of rotatable bonds is 16. The maximum absolute atomic E-state index is 14.6. The second kappa shape index (κ2) is 13.8. The molecule has 1 nitrogen and oxygen atoms in total. The molecule has 0 radical (unpaired) electrons. The topological polar surface area (TPSA) is 9.23 Å². The van der Waals surface area contributed by atoms with Gasteiger partial charge in [-0.2, -0.15) is 8.78 Å². The van der Waals surface area contributed by atoms with Crippen molar-refractivity contribution < 1.29 is 22.0 Å². The number of hydrogen-bond acceptors (Lipinski definition) is 1. The van der Waals surface area contributed by atoms with Gasteiger partial charge in [0.25, 0.3) is 8.32 Å². The maximum atomic E-state index is 14.6. The molecule has 0 amide bonds. The summed E-state index contributed by atoms with van der Waals surface area (Å²) in [6.45, 7) is 12.9. The van der Waals surface area contributed by atoms with E-state index in [1.54, 1.807) is 0 Å². The second-order valence-corrected chi connectivity index (χ2v) is 20.3. The highest BCUT2D eigenvalue weighted by Gasteiger charge is 2.48. The molecule has 1 rings (SSSR count). The Kier molecular flexibility index (Phi) is 12.6. The van der Waals surface area contributed by atoms with Crippen molar-refractivity contribution in [1.29, 1.82) is 0 Å². The summed E-state index contributed by atoms with van der Waals surface area (Å²) in [7, 11) is -4.46. The zero-order valence-electron chi connectivity index (χ0n) is 21.1. The van der Waals surface area contributed by atoms with Crippen molar-refractivity contribution in [3.8, 4) is 5.75 Å². The van der Waals surface area contributed by atoms with Gasteiger partial charge in [-0.25, -0.2) is 8.78 Å². The zero-order chi connectivity index (χ0) is 24.4. The molecule has 7 heteroatoms. The third-order valence-corrected chi connectivity index (χ3v) is 21.4. The van der Waals surface area contributed by atoms with E-state index < -0.39 is 45.4 Å². The monoisotopic (exact) mass is 492 g/mol. The summed E-state index contributed by atoms with van der Waals surface area (Å²) in [5.74, 6) is -6.44. The number of halogens is 4. The molecule has 0 fully saturated rings. The van der Waals surface area contributed by atoms with Crippen LogP contribution in [-0.4, -0.2) is 16.4 Å². The lowest BCUT2D eigenvalue weighted by atomic mass is 10.1. The van der Waals surface area contributed by atoms with Crippen LogP contribution in [0.4, 0.5) is 17.6 Å². The Morgan fingerprint density at radius 3 is 1.66 bits per heavy atom. The van der Waals surface area contributed by atoms with E-state index in [2.05, 4.69) is 41.5 Å². The Morgan fingerprint density at radius 2 is 1.22 bits per heavy atom. The first-order valence-corrected chi connectivity index (χ1v) is 17.9. The minimum atomic E-state index is -2.75. The first kappa shape index (κ1) is 29.2. The molecule has 0 N–H and O–H groups in total. The fraction of sp³-hybridized carbons (Fsp3) is 0.760. The predicted octanol–water partition coefficient (Wildman–Crippen LogP) is 9.78. The zero-order valence-corrected chi connectivity index (χ0v) is 23.1. The Morgan fingerprint density at radius 1 is 0.750 bits per heavy atom. The van der Waals surface area contributed by atoms with Crippen LogP contribution in [0.1, 0.15) is 86.5 Å². The van der Waals surface area contributed by atoms with Crippen LogP contribution in [0, 0.1) is 23.3 Å². The van der Waals surface area contributed by atoms with E-state index in [1.165, 1.54) is 25.7 Å². The Labute approximate surface area is 195 Å². The lowest BCUT2D eigenvalue weighted by Crippen LogP contribution is -2.53. The van der Waals surface area contributed by atoms with Crippen molar-refractivity contribution in [3.63, 3.8) is 0 Å². The fourth-order valence-corrected chi connectivity index (χ4v) is 19.3. The second-order valence-electron chi connectivity index (χ2n) is 9.73. The smallest absolute Gasteiger partial charge is 0.251 e. The highest BCUT2D eigenvalue weighted by atomic mass is 28.4. The van der Waals surface area contributed by atoms with Gasteiger partial charge in [-0.05, 0) is 17.3 Å². The van der Waals surface area contributed by atoms with Crippen LogP contribution in [0.25, 0.3) is 0 Å². The molecular weight excluding hydrogens is 448 g/mol. The van der Waals surface area contributed by atoms with Crippen LogP contribution in [0.15, 0.2) is 6.07 Å². The fourth-order valence-electron chi connectivity index (χ4n) is 4.77.